The van der Waals surface area contributed by atoms with Gasteiger partial charge in [0, 0.05) is 42.7 Å². The minimum Gasteiger partial charge on any atom is -0.481 e. The van der Waals surface area contributed by atoms with Crippen LogP contribution in [0, 0.1) is 0 Å². The molecule has 0 spiro atoms. The number of benzene rings is 1. The van der Waals surface area contributed by atoms with E-state index < -0.39 is 5.97 Å². The van der Waals surface area contributed by atoms with Gasteiger partial charge < -0.3 is 14.6 Å². The third kappa shape index (κ3) is 2.12. The van der Waals surface area contributed by atoms with Crippen LogP contribution in [0.4, 0.5) is 0 Å². The molecule has 3 rings (SSSR count). The van der Waals surface area contributed by atoms with Crippen molar-refractivity contribution in [1.82, 2.24) is 9.47 Å². The lowest BCUT2D eigenvalue weighted by Crippen LogP contribution is -2.27. The number of aromatic nitrogens is 1. The summed E-state index contributed by atoms with van der Waals surface area (Å²) in [6.45, 7) is 2.56. The number of para-hydroxylation sites is 1. The first-order valence-corrected chi connectivity index (χ1v) is 6.66. The highest BCUT2D eigenvalue weighted by atomic mass is 16.4. The predicted molar refractivity (Wildman–Crippen MR) is 74.2 cm³/mol. The van der Waals surface area contributed by atoms with E-state index in [1.165, 1.54) is 22.2 Å². The standard InChI is InChI=1S/C15H18N2O2/c1-16-8-6-14-12(10-16)11-4-2-3-5-13(11)17(14)9-7-15(18)19/h2-5H,6-10H2,1H3,(H,18,19). The highest BCUT2D eigenvalue weighted by molar-refractivity contribution is 5.86. The van der Waals surface area contributed by atoms with Gasteiger partial charge in [-0.25, -0.2) is 0 Å². The Morgan fingerprint density at radius 3 is 2.95 bits per heavy atom. The summed E-state index contributed by atoms with van der Waals surface area (Å²) < 4.78 is 2.20. The first-order valence-electron chi connectivity index (χ1n) is 6.66. The average molecular weight is 258 g/mol. The van der Waals surface area contributed by atoms with E-state index in [-0.39, 0.29) is 6.42 Å². The first kappa shape index (κ1) is 12.2. The van der Waals surface area contributed by atoms with Gasteiger partial charge in [-0.15, -0.1) is 0 Å². The molecule has 4 nitrogen and oxygen atoms in total. The van der Waals surface area contributed by atoms with Gasteiger partial charge in [0.1, 0.15) is 0 Å². The molecule has 2 heterocycles. The molecule has 0 bridgehead atoms. The van der Waals surface area contributed by atoms with Gasteiger partial charge in [-0.05, 0) is 18.7 Å². The van der Waals surface area contributed by atoms with Crippen molar-refractivity contribution in [2.45, 2.75) is 25.9 Å². The van der Waals surface area contributed by atoms with Gasteiger partial charge in [0.15, 0.2) is 0 Å². The number of carboxylic acid groups (broad SMARTS) is 1. The second-order valence-corrected chi connectivity index (χ2v) is 5.23. The SMILES string of the molecule is CN1CCc2c(c3ccccc3n2CCC(=O)O)C1. The second-order valence-electron chi connectivity index (χ2n) is 5.23. The van der Waals surface area contributed by atoms with Crippen LogP contribution in [0.1, 0.15) is 17.7 Å². The Kier molecular flexibility index (Phi) is 3.03. The molecule has 100 valence electrons. The van der Waals surface area contributed by atoms with Crippen LogP contribution in [0.15, 0.2) is 24.3 Å². The lowest BCUT2D eigenvalue weighted by atomic mass is 10.1. The quantitative estimate of drug-likeness (QED) is 0.917. The molecule has 0 aliphatic carbocycles. The molecule has 4 heteroatoms. The maximum absolute atomic E-state index is 10.8. The molecule has 0 amide bonds. The number of carbonyl (C=O) groups is 1. The molecule has 1 aromatic heterocycles. The third-order valence-electron chi connectivity index (χ3n) is 3.90. The van der Waals surface area contributed by atoms with Crippen LogP contribution in [0.25, 0.3) is 10.9 Å². The van der Waals surface area contributed by atoms with Gasteiger partial charge in [0.25, 0.3) is 0 Å². The van der Waals surface area contributed by atoms with Crippen molar-refractivity contribution in [3.8, 4) is 0 Å². The van der Waals surface area contributed by atoms with Gasteiger partial charge in [-0.3, -0.25) is 4.79 Å². The molecular formula is C15H18N2O2. The number of likely N-dealkylation sites (N-methyl/N-ethyl adjacent to an activating group) is 1. The molecule has 0 unspecified atom stereocenters. The number of rotatable bonds is 3. The monoisotopic (exact) mass is 258 g/mol. The summed E-state index contributed by atoms with van der Waals surface area (Å²) in [7, 11) is 2.13. The smallest absolute Gasteiger partial charge is 0.305 e. The van der Waals surface area contributed by atoms with Crippen LogP contribution in [0.3, 0.4) is 0 Å². The molecule has 1 N–H and O–H groups in total. The van der Waals surface area contributed by atoms with Crippen LogP contribution in [-0.2, 0) is 24.3 Å². The summed E-state index contributed by atoms with van der Waals surface area (Å²) in [6.07, 6.45) is 1.18. The van der Waals surface area contributed by atoms with Crippen molar-refractivity contribution >= 4 is 16.9 Å². The van der Waals surface area contributed by atoms with E-state index >= 15 is 0 Å². The van der Waals surface area contributed by atoms with Crippen molar-refractivity contribution in [2.24, 2.45) is 0 Å². The molecule has 0 fully saturated rings. The van der Waals surface area contributed by atoms with Crippen LogP contribution >= 0.6 is 0 Å². The molecule has 0 atom stereocenters. The Hall–Kier alpha value is -1.81. The summed E-state index contributed by atoms with van der Waals surface area (Å²) >= 11 is 0. The molecule has 0 radical (unpaired) electrons. The Bertz CT molecular complexity index is 630. The van der Waals surface area contributed by atoms with Gasteiger partial charge >= 0.3 is 5.97 Å². The molecule has 2 aromatic rings. The molecule has 1 aromatic carbocycles. The van der Waals surface area contributed by atoms with Crippen LogP contribution in [-0.4, -0.2) is 34.1 Å². The highest BCUT2D eigenvalue weighted by Crippen LogP contribution is 2.30. The minimum atomic E-state index is -0.737. The number of carboxylic acids is 1. The molecular weight excluding hydrogens is 240 g/mol. The summed E-state index contributed by atoms with van der Waals surface area (Å²) in [5, 5.41) is 10.2. The maximum atomic E-state index is 10.8. The number of nitrogens with zero attached hydrogens (tertiary/aromatic N) is 2. The average Bonchev–Trinajstić information content (AvgIpc) is 2.70. The number of hydrogen-bond acceptors (Lipinski definition) is 2. The fraction of sp³-hybridized carbons (Fsp3) is 0.400. The van der Waals surface area contributed by atoms with Crippen molar-refractivity contribution in [2.75, 3.05) is 13.6 Å². The highest BCUT2D eigenvalue weighted by Gasteiger charge is 2.21. The van der Waals surface area contributed by atoms with E-state index in [1.807, 2.05) is 6.07 Å². The molecule has 1 aliphatic heterocycles. The van der Waals surface area contributed by atoms with Crippen molar-refractivity contribution in [3.05, 3.63) is 35.5 Å². The molecule has 0 saturated heterocycles. The number of fused-ring (bicyclic) bond motifs is 3. The van der Waals surface area contributed by atoms with Gasteiger partial charge in [-0.1, -0.05) is 18.2 Å². The minimum absolute atomic E-state index is 0.182. The van der Waals surface area contributed by atoms with Crippen molar-refractivity contribution in [1.29, 1.82) is 0 Å². The lowest BCUT2D eigenvalue weighted by molar-refractivity contribution is -0.137. The third-order valence-corrected chi connectivity index (χ3v) is 3.90. The molecule has 0 saturated carbocycles. The Morgan fingerprint density at radius 1 is 1.37 bits per heavy atom. The molecule has 1 aliphatic rings. The van der Waals surface area contributed by atoms with E-state index in [2.05, 4.69) is 34.7 Å². The zero-order chi connectivity index (χ0) is 13.4. The van der Waals surface area contributed by atoms with Gasteiger partial charge in [-0.2, -0.15) is 0 Å². The van der Waals surface area contributed by atoms with E-state index in [0.29, 0.717) is 6.54 Å². The van der Waals surface area contributed by atoms with Crippen LogP contribution in [0.5, 0.6) is 0 Å². The number of aliphatic carboxylic acids is 1. The van der Waals surface area contributed by atoms with E-state index in [9.17, 15) is 4.79 Å². The zero-order valence-corrected chi connectivity index (χ0v) is 11.1. The predicted octanol–water partition coefficient (Wildman–Crippen LogP) is 2.10. The maximum Gasteiger partial charge on any atom is 0.305 e. The lowest BCUT2D eigenvalue weighted by Gasteiger charge is -2.24. The first-order chi connectivity index (χ1) is 9.16. The fourth-order valence-electron chi connectivity index (χ4n) is 3.00. The second kappa shape index (κ2) is 4.70. The van der Waals surface area contributed by atoms with Gasteiger partial charge in [0.2, 0.25) is 0 Å². The summed E-state index contributed by atoms with van der Waals surface area (Å²) in [5.41, 5.74) is 3.86. The van der Waals surface area contributed by atoms with Crippen LogP contribution in [0.2, 0.25) is 0 Å². The topological polar surface area (TPSA) is 45.5 Å². The van der Waals surface area contributed by atoms with E-state index in [1.54, 1.807) is 0 Å². The van der Waals surface area contributed by atoms with Crippen molar-refractivity contribution < 1.29 is 9.90 Å². The Balaban J connectivity index is 2.12. The van der Waals surface area contributed by atoms with E-state index in [0.717, 1.165) is 19.5 Å². The van der Waals surface area contributed by atoms with Crippen molar-refractivity contribution in [3.63, 3.8) is 0 Å². The van der Waals surface area contributed by atoms with E-state index in [4.69, 9.17) is 5.11 Å². The normalized spacial score (nSPS) is 15.6. The largest absolute Gasteiger partial charge is 0.481 e. The fourth-order valence-corrected chi connectivity index (χ4v) is 3.00. The molecule has 19 heavy (non-hydrogen) atoms. The Labute approximate surface area is 112 Å². The zero-order valence-electron chi connectivity index (χ0n) is 11.1. The summed E-state index contributed by atoms with van der Waals surface area (Å²) in [4.78, 5) is 13.1. The summed E-state index contributed by atoms with van der Waals surface area (Å²) in [6, 6.07) is 8.31. The van der Waals surface area contributed by atoms with Gasteiger partial charge in [0.05, 0.1) is 6.42 Å². The number of aryl methyl sites for hydroxylation is 1. The summed E-state index contributed by atoms with van der Waals surface area (Å²) in [5.74, 6) is -0.737. The van der Waals surface area contributed by atoms with Crippen LogP contribution < -0.4 is 0 Å². The Morgan fingerprint density at radius 2 is 2.16 bits per heavy atom. The number of hydrogen-bond donors (Lipinski definition) is 1.